The molecule has 0 radical (unpaired) electrons. The minimum atomic E-state index is -1.06. The van der Waals surface area contributed by atoms with E-state index >= 15 is 4.39 Å². The molecule has 1 unspecified atom stereocenters. The number of ether oxygens (including phenoxy) is 2. The van der Waals surface area contributed by atoms with Gasteiger partial charge in [-0.3, -0.25) is 9.69 Å². The Labute approximate surface area is 222 Å². The highest BCUT2D eigenvalue weighted by Crippen LogP contribution is 2.34. The molecule has 2 aromatic rings. The zero-order chi connectivity index (χ0) is 26.5. The van der Waals surface area contributed by atoms with E-state index in [1.54, 1.807) is 11.0 Å². The zero-order valence-electron chi connectivity index (χ0n) is 21.7. The van der Waals surface area contributed by atoms with Gasteiger partial charge in [0, 0.05) is 24.7 Å². The highest BCUT2D eigenvalue weighted by molar-refractivity contribution is 5.76. The van der Waals surface area contributed by atoms with Crippen LogP contribution in [0.15, 0.2) is 30.3 Å². The van der Waals surface area contributed by atoms with Crippen LogP contribution in [0.2, 0.25) is 0 Å². The van der Waals surface area contributed by atoms with Gasteiger partial charge in [0.1, 0.15) is 30.0 Å². The van der Waals surface area contributed by atoms with Crippen molar-refractivity contribution in [2.75, 3.05) is 38.2 Å². The third-order valence-electron chi connectivity index (χ3n) is 7.97. The van der Waals surface area contributed by atoms with Crippen molar-refractivity contribution < 1.29 is 28.2 Å². The number of fused-ring (bicyclic) bond motifs is 1. The Morgan fingerprint density at radius 3 is 2.92 bits per heavy atom. The molecule has 0 aliphatic carbocycles. The quantitative estimate of drug-likeness (QED) is 0.386. The van der Waals surface area contributed by atoms with Gasteiger partial charge in [-0.05, 0) is 80.0 Å². The summed E-state index contributed by atoms with van der Waals surface area (Å²) in [6.07, 6.45) is 4.63. The highest BCUT2D eigenvalue weighted by atomic mass is 19.1. The summed E-state index contributed by atoms with van der Waals surface area (Å²) >= 11 is 0. The summed E-state index contributed by atoms with van der Waals surface area (Å²) < 4.78 is 40.3. The molecule has 0 spiro atoms. The largest absolute Gasteiger partial charge is 0.480 e. The number of likely N-dealkylation sites (tertiary alicyclic amines) is 1. The van der Waals surface area contributed by atoms with Gasteiger partial charge in [0.2, 0.25) is 0 Å². The number of halogens is 2. The standard InChI is InChI=1S/C29H37F2N3O4/c30-22-9-7-21(16-38-24-17-37-18-24)25(14-22)27(29(35)36)34-13-11-20(15-34)26(31)6-2-1-5-23-10-8-19-4-3-12-32-28(19)33-23/h7-10,14,20,24,26-27H,1-6,11-13,15-18H2,(H,32,33)(H,35,36)/t20-,26+,27?/m1/s1. The number of carboxylic acid groups (broad SMARTS) is 1. The number of pyridine rings is 1. The fourth-order valence-corrected chi connectivity index (χ4v) is 5.69. The van der Waals surface area contributed by atoms with Gasteiger partial charge in [0.15, 0.2) is 0 Å². The lowest BCUT2D eigenvalue weighted by Gasteiger charge is -2.29. The zero-order valence-corrected chi connectivity index (χ0v) is 21.7. The van der Waals surface area contributed by atoms with Gasteiger partial charge in [-0.2, -0.15) is 0 Å². The molecule has 7 nitrogen and oxygen atoms in total. The molecule has 206 valence electrons. The maximum Gasteiger partial charge on any atom is 0.325 e. The lowest BCUT2D eigenvalue weighted by Crippen LogP contribution is -2.36. The average molecular weight is 530 g/mol. The molecule has 0 bridgehead atoms. The second-order valence-corrected chi connectivity index (χ2v) is 10.7. The molecule has 5 rings (SSSR count). The van der Waals surface area contributed by atoms with Gasteiger partial charge in [-0.1, -0.05) is 18.6 Å². The summed E-state index contributed by atoms with van der Waals surface area (Å²) in [7, 11) is 0. The van der Waals surface area contributed by atoms with Crippen molar-refractivity contribution in [3.8, 4) is 0 Å². The second-order valence-electron chi connectivity index (χ2n) is 10.7. The molecule has 9 heteroatoms. The van der Waals surface area contributed by atoms with Gasteiger partial charge in [-0.15, -0.1) is 0 Å². The summed E-state index contributed by atoms with van der Waals surface area (Å²) in [5.41, 5.74) is 3.31. The first-order chi connectivity index (χ1) is 18.5. The Kier molecular flexibility index (Phi) is 8.86. The lowest BCUT2D eigenvalue weighted by atomic mass is 9.96. The van der Waals surface area contributed by atoms with Crippen LogP contribution in [0.25, 0.3) is 0 Å². The molecule has 2 N–H and O–H groups in total. The molecule has 3 atom stereocenters. The van der Waals surface area contributed by atoms with Crippen LogP contribution in [0.5, 0.6) is 0 Å². The maximum atomic E-state index is 15.2. The van der Waals surface area contributed by atoms with Gasteiger partial charge in [0.25, 0.3) is 0 Å². The normalized spacial score (nSPS) is 21.4. The number of aromatic nitrogens is 1. The molecule has 0 amide bonds. The number of carbonyl (C=O) groups is 1. The monoisotopic (exact) mass is 529 g/mol. The predicted molar refractivity (Wildman–Crippen MR) is 139 cm³/mol. The number of unbranched alkanes of at least 4 members (excludes halogenated alkanes) is 1. The summed E-state index contributed by atoms with van der Waals surface area (Å²) in [6.45, 7) is 2.95. The number of aryl methyl sites for hydroxylation is 2. The van der Waals surface area contributed by atoms with Crippen molar-refractivity contribution in [3.63, 3.8) is 0 Å². The van der Waals surface area contributed by atoms with Crippen LogP contribution in [0.1, 0.15) is 60.5 Å². The maximum absolute atomic E-state index is 15.2. The second kappa shape index (κ2) is 12.5. The summed E-state index contributed by atoms with van der Waals surface area (Å²) in [5.74, 6) is -0.804. The fraction of sp³-hybridized carbons (Fsp3) is 0.586. The SMILES string of the molecule is O=C(O)C(c1cc(F)ccc1COC1COC1)N1CC[C@@H]([C@@H](F)CCCCc2ccc3c(n2)NCCC3)C1. The average Bonchev–Trinajstić information content (AvgIpc) is 3.36. The number of aliphatic carboxylic acids is 1. The van der Waals surface area contributed by atoms with Crippen LogP contribution in [-0.4, -0.2) is 66.1 Å². The lowest BCUT2D eigenvalue weighted by molar-refractivity contribution is -0.143. The van der Waals surface area contributed by atoms with Crippen molar-refractivity contribution in [1.29, 1.82) is 0 Å². The third-order valence-corrected chi connectivity index (χ3v) is 7.97. The Morgan fingerprint density at radius 2 is 2.13 bits per heavy atom. The number of rotatable bonds is 12. The van der Waals surface area contributed by atoms with E-state index in [0.717, 1.165) is 50.2 Å². The molecule has 3 aliphatic rings. The Bertz CT molecular complexity index is 1110. The summed E-state index contributed by atoms with van der Waals surface area (Å²) in [4.78, 5) is 18.8. The summed E-state index contributed by atoms with van der Waals surface area (Å²) in [5, 5.41) is 13.4. The molecule has 2 saturated heterocycles. The highest BCUT2D eigenvalue weighted by Gasteiger charge is 2.38. The van der Waals surface area contributed by atoms with E-state index in [1.165, 1.54) is 17.7 Å². The molecule has 1 aromatic carbocycles. The van der Waals surface area contributed by atoms with Crippen molar-refractivity contribution in [3.05, 3.63) is 58.5 Å². The van der Waals surface area contributed by atoms with Gasteiger partial charge in [-0.25, -0.2) is 13.8 Å². The Hall–Kier alpha value is -2.62. The van der Waals surface area contributed by atoms with Crippen LogP contribution in [-0.2, 0) is 33.7 Å². The first kappa shape index (κ1) is 27.0. The molecule has 38 heavy (non-hydrogen) atoms. The van der Waals surface area contributed by atoms with Gasteiger partial charge >= 0.3 is 5.97 Å². The number of carboxylic acids is 1. The number of hydrogen-bond donors (Lipinski definition) is 2. The first-order valence-electron chi connectivity index (χ1n) is 13.8. The van der Waals surface area contributed by atoms with E-state index in [2.05, 4.69) is 17.4 Å². The van der Waals surface area contributed by atoms with E-state index in [-0.39, 0.29) is 18.6 Å². The van der Waals surface area contributed by atoms with Crippen LogP contribution in [0.3, 0.4) is 0 Å². The van der Waals surface area contributed by atoms with Crippen LogP contribution in [0.4, 0.5) is 14.6 Å². The molecule has 1 aromatic heterocycles. The molecular formula is C29H37F2N3O4. The number of nitrogens with one attached hydrogen (secondary N) is 1. The van der Waals surface area contributed by atoms with E-state index in [9.17, 15) is 14.3 Å². The predicted octanol–water partition coefficient (Wildman–Crippen LogP) is 4.69. The topological polar surface area (TPSA) is 83.9 Å². The van der Waals surface area contributed by atoms with Gasteiger partial charge < -0.3 is 19.9 Å². The Balaban J connectivity index is 1.14. The molecule has 0 saturated carbocycles. The van der Waals surface area contributed by atoms with Crippen molar-refractivity contribution in [2.45, 2.75) is 69.9 Å². The van der Waals surface area contributed by atoms with Gasteiger partial charge in [0.05, 0.1) is 19.8 Å². The van der Waals surface area contributed by atoms with E-state index in [4.69, 9.17) is 14.5 Å². The number of nitrogens with zero attached hydrogens (tertiary/aromatic N) is 2. The van der Waals surface area contributed by atoms with E-state index < -0.39 is 24.0 Å². The molecule has 3 aliphatic heterocycles. The number of anilines is 1. The van der Waals surface area contributed by atoms with Crippen molar-refractivity contribution in [1.82, 2.24) is 9.88 Å². The molecule has 4 heterocycles. The van der Waals surface area contributed by atoms with Crippen LogP contribution < -0.4 is 5.32 Å². The summed E-state index contributed by atoms with van der Waals surface area (Å²) in [6, 6.07) is 7.36. The minimum absolute atomic E-state index is 0.0284. The minimum Gasteiger partial charge on any atom is -0.480 e. The number of hydrogen-bond acceptors (Lipinski definition) is 6. The number of alkyl halides is 1. The van der Waals surface area contributed by atoms with E-state index in [1.807, 2.05) is 0 Å². The first-order valence-corrected chi connectivity index (χ1v) is 13.8. The van der Waals surface area contributed by atoms with Crippen molar-refractivity contribution in [2.24, 2.45) is 5.92 Å². The number of benzene rings is 1. The van der Waals surface area contributed by atoms with Crippen LogP contribution >= 0.6 is 0 Å². The molecular weight excluding hydrogens is 492 g/mol. The van der Waals surface area contributed by atoms with Crippen molar-refractivity contribution >= 4 is 11.8 Å². The molecule has 2 fully saturated rings. The smallest absolute Gasteiger partial charge is 0.325 e. The Morgan fingerprint density at radius 1 is 1.26 bits per heavy atom. The third kappa shape index (κ3) is 6.50. The fourth-order valence-electron chi connectivity index (χ4n) is 5.69. The van der Waals surface area contributed by atoms with Crippen LogP contribution in [0, 0.1) is 11.7 Å². The van der Waals surface area contributed by atoms with E-state index in [0.29, 0.717) is 50.3 Å².